The Morgan fingerprint density at radius 3 is 2.26 bits per heavy atom. The Morgan fingerprint density at radius 1 is 1.00 bits per heavy atom. The summed E-state index contributed by atoms with van der Waals surface area (Å²) in [7, 11) is 3.52. The van der Waals surface area contributed by atoms with Crippen LogP contribution in [-0.4, -0.2) is 30.8 Å². The largest absolute Gasteiger partial charge is 0.349 e. The molecular weight excluding hydrogens is 240 g/mol. The van der Waals surface area contributed by atoms with Crippen LogP contribution in [0.15, 0.2) is 30.3 Å². The SMILES string of the molecule is CN(C)C(=O)CCCCCC(=O)Nc1ccccc1. The van der Waals surface area contributed by atoms with E-state index in [2.05, 4.69) is 5.32 Å². The molecule has 104 valence electrons. The quantitative estimate of drug-likeness (QED) is 0.768. The first kappa shape index (κ1) is 15.2. The zero-order valence-corrected chi connectivity index (χ0v) is 11.7. The molecule has 4 heteroatoms. The number of nitrogens with one attached hydrogen (secondary N) is 1. The Balaban J connectivity index is 2.10. The fourth-order valence-corrected chi connectivity index (χ4v) is 1.71. The van der Waals surface area contributed by atoms with Gasteiger partial charge in [0.05, 0.1) is 0 Å². The number of carbonyl (C=O) groups is 2. The maximum Gasteiger partial charge on any atom is 0.224 e. The molecule has 19 heavy (non-hydrogen) atoms. The van der Waals surface area contributed by atoms with Gasteiger partial charge in [0.25, 0.3) is 0 Å². The van der Waals surface area contributed by atoms with E-state index in [1.165, 1.54) is 0 Å². The number of para-hydroxylation sites is 1. The number of carbonyl (C=O) groups excluding carboxylic acids is 2. The van der Waals surface area contributed by atoms with Gasteiger partial charge in [-0.2, -0.15) is 0 Å². The Labute approximate surface area is 114 Å². The molecule has 1 N–H and O–H groups in total. The van der Waals surface area contributed by atoms with Gasteiger partial charge < -0.3 is 10.2 Å². The summed E-state index contributed by atoms with van der Waals surface area (Å²) in [4.78, 5) is 24.6. The van der Waals surface area contributed by atoms with E-state index in [1.807, 2.05) is 30.3 Å². The van der Waals surface area contributed by atoms with Crippen LogP contribution in [0, 0.1) is 0 Å². The molecule has 0 fully saturated rings. The van der Waals surface area contributed by atoms with Crippen molar-refractivity contribution in [2.24, 2.45) is 0 Å². The van der Waals surface area contributed by atoms with Crippen LogP contribution in [0.1, 0.15) is 32.1 Å². The van der Waals surface area contributed by atoms with E-state index in [1.54, 1.807) is 19.0 Å². The van der Waals surface area contributed by atoms with Crippen molar-refractivity contribution in [3.8, 4) is 0 Å². The third kappa shape index (κ3) is 6.60. The van der Waals surface area contributed by atoms with Crippen molar-refractivity contribution >= 4 is 17.5 Å². The summed E-state index contributed by atoms with van der Waals surface area (Å²) in [5.41, 5.74) is 0.829. The van der Waals surface area contributed by atoms with Crippen molar-refractivity contribution in [1.82, 2.24) is 4.90 Å². The third-order valence-electron chi connectivity index (χ3n) is 2.85. The lowest BCUT2D eigenvalue weighted by molar-refractivity contribution is -0.128. The average Bonchev–Trinajstić information content (AvgIpc) is 2.39. The van der Waals surface area contributed by atoms with Crippen molar-refractivity contribution in [3.63, 3.8) is 0 Å². The Hall–Kier alpha value is -1.84. The zero-order valence-electron chi connectivity index (χ0n) is 11.7. The molecule has 0 atom stereocenters. The van der Waals surface area contributed by atoms with Gasteiger partial charge in [-0.3, -0.25) is 9.59 Å². The molecule has 0 saturated heterocycles. The molecule has 1 aromatic carbocycles. The molecule has 0 unspecified atom stereocenters. The fourth-order valence-electron chi connectivity index (χ4n) is 1.71. The Morgan fingerprint density at radius 2 is 1.63 bits per heavy atom. The van der Waals surface area contributed by atoms with Gasteiger partial charge in [0.1, 0.15) is 0 Å². The predicted molar refractivity (Wildman–Crippen MR) is 76.9 cm³/mol. The molecule has 1 aromatic rings. The summed E-state index contributed by atoms with van der Waals surface area (Å²) < 4.78 is 0. The van der Waals surface area contributed by atoms with Crippen LogP contribution < -0.4 is 5.32 Å². The van der Waals surface area contributed by atoms with Crippen LogP contribution in [0.5, 0.6) is 0 Å². The van der Waals surface area contributed by atoms with Gasteiger partial charge in [-0.05, 0) is 25.0 Å². The van der Waals surface area contributed by atoms with Gasteiger partial charge in [0, 0.05) is 32.6 Å². The molecule has 0 aliphatic carbocycles. The highest BCUT2D eigenvalue weighted by atomic mass is 16.2. The number of hydrogen-bond donors (Lipinski definition) is 1. The molecule has 0 aromatic heterocycles. The Bertz CT molecular complexity index is 402. The maximum absolute atomic E-state index is 11.6. The molecule has 0 aliphatic heterocycles. The summed E-state index contributed by atoms with van der Waals surface area (Å²) in [6.07, 6.45) is 3.63. The number of rotatable bonds is 7. The van der Waals surface area contributed by atoms with Crippen LogP contribution in [0.2, 0.25) is 0 Å². The standard InChI is InChI=1S/C15H22N2O2/c1-17(2)15(19)12-8-4-7-11-14(18)16-13-9-5-3-6-10-13/h3,5-6,9-10H,4,7-8,11-12H2,1-2H3,(H,16,18). The summed E-state index contributed by atoms with van der Waals surface area (Å²) in [6.45, 7) is 0. The maximum atomic E-state index is 11.6. The average molecular weight is 262 g/mol. The van der Waals surface area contributed by atoms with E-state index in [9.17, 15) is 9.59 Å². The van der Waals surface area contributed by atoms with Crippen LogP contribution in [0.4, 0.5) is 5.69 Å². The summed E-state index contributed by atoms with van der Waals surface area (Å²) in [5.74, 6) is 0.180. The van der Waals surface area contributed by atoms with Crippen LogP contribution in [0.25, 0.3) is 0 Å². The molecule has 0 radical (unpaired) electrons. The normalized spacial score (nSPS) is 10.0. The van der Waals surface area contributed by atoms with Crippen LogP contribution in [0.3, 0.4) is 0 Å². The van der Waals surface area contributed by atoms with Gasteiger partial charge in [-0.1, -0.05) is 24.6 Å². The Kier molecular flexibility index (Phi) is 6.64. The molecule has 0 aliphatic rings. The van der Waals surface area contributed by atoms with Gasteiger partial charge in [-0.25, -0.2) is 0 Å². The number of nitrogens with zero attached hydrogens (tertiary/aromatic N) is 1. The van der Waals surface area contributed by atoms with Gasteiger partial charge in [0.2, 0.25) is 11.8 Å². The molecule has 0 bridgehead atoms. The minimum atomic E-state index is 0.0325. The van der Waals surface area contributed by atoms with E-state index in [-0.39, 0.29) is 11.8 Å². The first-order valence-electron chi connectivity index (χ1n) is 6.64. The van der Waals surface area contributed by atoms with E-state index >= 15 is 0 Å². The fraction of sp³-hybridized carbons (Fsp3) is 0.467. The van der Waals surface area contributed by atoms with Gasteiger partial charge >= 0.3 is 0 Å². The minimum absolute atomic E-state index is 0.0325. The lowest BCUT2D eigenvalue weighted by Gasteiger charge is -2.09. The third-order valence-corrected chi connectivity index (χ3v) is 2.85. The number of benzene rings is 1. The van der Waals surface area contributed by atoms with E-state index in [0.29, 0.717) is 12.8 Å². The van der Waals surface area contributed by atoms with E-state index in [4.69, 9.17) is 0 Å². The van der Waals surface area contributed by atoms with Crippen molar-refractivity contribution in [1.29, 1.82) is 0 Å². The van der Waals surface area contributed by atoms with E-state index < -0.39 is 0 Å². The number of anilines is 1. The van der Waals surface area contributed by atoms with Gasteiger partial charge in [-0.15, -0.1) is 0 Å². The highest BCUT2D eigenvalue weighted by Crippen LogP contribution is 2.08. The summed E-state index contributed by atoms with van der Waals surface area (Å²) >= 11 is 0. The zero-order chi connectivity index (χ0) is 14.1. The molecule has 0 spiro atoms. The van der Waals surface area contributed by atoms with Gasteiger partial charge in [0.15, 0.2) is 0 Å². The lowest BCUT2D eigenvalue weighted by atomic mass is 10.1. The molecule has 0 saturated carbocycles. The minimum Gasteiger partial charge on any atom is -0.349 e. The molecule has 0 heterocycles. The number of amides is 2. The molecule has 1 rings (SSSR count). The highest BCUT2D eigenvalue weighted by Gasteiger charge is 2.04. The number of unbranched alkanes of at least 4 members (excludes halogenated alkanes) is 2. The highest BCUT2D eigenvalue weighted by molar-refractivity contribution is 5.90. The second-order valence-corrected chi connectivity index (χ2v) is 4.76. The van der Waals surface area contributed by atoms with Crippen molar-refractivity contribution in [2.75, 3.05) is 19.4 Å². The molecule has 2 amide bonds. The molecule has 4 nitrogen and oxygen atoms in total. The van der Waals surface area contributed by atoms with Crippen molar-refractivity contribution in [3.05, 3.63) is 30.3 Å². The van der Waals surface area contributed by atoms with Crippen molar-refractivity contribution in [2.45, 2.75) is 32.1 Å². The lowest BCUT2D eigenvalue weighted by Crippen LogP contribution is -2.21. The van der Waals surface area contributed by atoms with Crippen LogP contribution >= 0.6 is 0 Å². The smallest absolute Gasteiger partial charge is 0.224 e. The molecular formula is C15H22N2O2. The predicted octanol–water partition coefficient (Wildman–Crippen LogP) is 2.66. The summed E-state index contributed by atoms with van der Waals surface area (Å²) in [5, 5.41) is 2.85. The van der Waals surface area contributed by atoms with Crippen molar-refractivity contribution < 1.29 is 9.59 Å². The van der Waals surface area contributed by atoms with Crippen LogP contribution in [-0.2, 0) is 9.59 Å². The first-order valence-corrected chi connectivity index (χ1v) is 6.64. The second-order valence-electron chi connectivity index (χ2n) is 4.76. The topological polar surface area (TPSA) is 49.4 Å². The van der Waals surface area contributed by atoms with E-state index in [0.717, 1.165) is 24.9 Å². The monoisotopic (exact) mass is 262 g/mol. The second kappa shape index (κ2) is 8.29. The first-order chi connectivity index (χ1) is 9.09. The number of hydrogen-bond acceptors (Lipinski definition) is 2. The summed E-state index contributed by atoms with van der Waals surface area (Å²) in [6, 6.07) is 9.43.